The molecule has 0 aromatic heterocycles. The first-order valence-electron chi connectivity index (χ1n) is 7.44. The van der Waals surface area contributed by atoms with Crippen molar-refractivity contribution in [3.8, 4) is 0 Å². The molecule has 5 nitrogen and oxygen atoms in total. The van der Waals surface area contributed by atoms with Crippen LogP contribution >= 0.6 is 0 Å². The summed E-state index contributed by atoms with van der Waals surface area (Å²) in [5.41, 5.74) is 1.56. The first-order chi connectivity index (χ1) is 10.8. The Morgan fingerprint density at radius 3 is 2.57 bits per heavy atom. The number of alkyl halides is 3. The second-order valence-electron chi connectivity index (χ2n) is 5.48. The van der Waals surface area contributed by atoms with Crippen LogP contribution in [-0.4, -0.2) is 49.5 Å². The van der Waals surface area contributed by atoms with Gasteiger partial charge < -0.3 is 20.6 Å². The van der Waals surface area contributed by atoms with Gasteiger partial charge >= 0.3 is 6.18 Å². The van der Waals surface area contributed by atoms with Gasteiger partial charge in [0.25, 0.3) is 0 Å². The van der Waals surface area contributed by atoms with Crippen molar-refractivity contribution < 1.29 is 23.1 Å². The zero-order chi connectivity index (χ0) is 16.9. The molecule has 3 N–H and O–H groups in total. The summed E-state index contributed by atoms with van der Waals surface area (Å²) < 4.78 is 36.2. The van der Waals surface area contributed by atoms with E-state index in [9.17, 15) is 23.1 Å². The molecule has 0 bridgehead atoms. The highest BCUT2D eigenvalue weighted by Gasteiger charge is 2.27. The highest BCUT2D eigenvalue weighted by Crippen LogP contribution is 2.28. The molecule has 1 aliphatic heterocycles. The molecule has 1 saturated heterocycles. The Labute approximate surface area is 132 Å². The minimum Gasteiger partial charge on any atom is -0.393 e. The summed E-state index contributed by atoms with van der Waals surface area (Å²) in [6, 6.07) is 7.30. The maximum atomic E-state index is 12.1. The Balaban J connectivity index is 1.91. The quantitative estimate of drug-likeness (QED) is 0.769. The predicted molar refractivity (Wildman–Crippen MR) is 81.5 cm³/mol. The molecule has 2 rings (SSSR count). The number of nitrogens with one attached hydrogen (secondary N) is 2. The molecule has 0 saturated carbocycles. The van der Waals surface area contributed by atoms with Gasteiger partial charge in [-0.3, -0.25) is 4.79 Å². The van der Waals surface area contributed by atoms with Crippen molar-refractivity contribution in [2.45, 2.75) is 25.1 Å². The third kappa shape index (κ3) is 5.63. The monoisotopic (exact) mass is 331 g/mol. The van der Waals surface area contributed by atoms with Gasteiger partial charge in [0, 0.05) is 13.1 Å². The van der Waals surface area contributed by atoms with Gasteiger partial charge in [-0.1, -0.05) is 12.1 Å². The van der Waals surface area contributed by atoms with Crippen molar-refractivity contribution >= 4 is 17.3 Å². The number of anilines is 2. The Morgan fingerprint density at radius 1 is 1.26 bits per heavy atom. The fraction of sp³-hybridized carbons (Fsp3) is 0.533. The number of carbonyl (C=O) groups excluding carboxylic acids is 1. The Morgan fingerprint density at radius 2 is 1.91 bits per heavy atom. The number of para-hydroxylation sites is 2. The molecule has 8 heteroatoms. The summed E-state index contributed by atoms with van der Waals surface area (Å²) in [5, 5.41) is 14.3. The number of hydrogen-bond acceptors (Lipinski definition) is 4. The van der Waals surface area contributed by atoms with Crippen LogP contribution in [0.3, 0.4) is 0 Å². The van der Waals surface area contributed by atoms with Crippen LogP contribution in [-0.2, 0) is 4.79 Å². The van der Waals surface area contributed by atoms with Crippen LogP contribution in [0, 0.1) is 0 Å². The SMILES string of the molecule is O=C(CNc1ccccc1N1CCC(O)CC1)NCC(F)(F)F. The lowest BCUT2D eigenvalue weighted by atomic mass is 10.1. The molecule has 1 aliphatic rings. The van der Waals surface area contributed by atoms with Crippen LogP contribution in [0.2, 0.25) is 0 Å². The zero-order valence-corrected chi connectivity index (χ0v) is 12.6. The molecular formula is C15H20F3N3O2. The summed E-state index contributed by atoms with van der Waals surface area (Å²) in [5.74, 6) is -0.716. The normalized spacial score (nSPS) is 16.3. The number of carbonyl (C=O) groups is 1. The van der Waals surface area contributed by atoms with Crippen LogP contribution in [0.5, 0.6) is 0 Å². The van der Waals surface area contributed by atoms with Crippen molar-refractivity contribution in [1.82, 2.24) is 5.32 Å². The molecule has 1 heterocycles. The van der Waals surface area contributed by atoms with Crippen molar-refractivity contribution in [1.29, 1.82) is 0 Å². The molecular weight excluding hydrogens is 311 g/mol. The largest absolute Gasteiger partial charge is 0.405 e. The second-order valence-corrected chi connectivity index (χ2v) is 5.48. The number of amides is 1. The average molecular weight is 331 g/mol. The van der Waals surface area contributed by atoms with Crippen LogP contribution in [0.15, 0.2) is 24.3 Å². The Kier molecular flexibility index (Phi) is 5.70. The first-order valence-corrected chi connectivity index (χ1v) is 7.44. The van der Waals surface area contributed by atoms with Crippen LogP contribution in [0.25, 0.3) is 0 Å². The molecule has 1 aromatic carbocycles. The van der Waals surface area contributed by atoms with E-state index in [1.807, 2.05) is 17.4 Å². The molecule has 0 atom stereocenters. The average Bonchev–Trinajstić information content (AvgIpc) is 2.51. The number of benzene rings is 1. The van der Waals surface area contributed by atoms with E-state index in [2.05, 4.69) is 10.2 Å². The summed E-state index contributed by atoms with van der Waals surface area (Å²) in [4.78, 5) is 13.6. The van der Waals surface area contributed by atoms with Gasteiger partial charge in [0.05, 0.1) is 24.0 Å². The highest BCUT2D eigenvalue weighted by atomic mass is 19.4. The van der Waals surface area contributed by atoms with E-state index in [0.717, 1.165) is 5.69 Å². The molecule has 23 heavy (non-hydrogen) atoms. The summed E-state index contributed by atoms with van der Waals surface area (Å²) in [6.45, 7) is -0.178. The molecule has 1 aromatic rings. The first kappa shape index (κ1) is 17.4. The third-order valence-electron chi connectivity index (χ3n) is 3.63. The van der Waals surface area contributed by atoms with Gasteiger partial charge in [-0.2, -0.15) is 13.2 Å². The van der Waals surface area contributed by atoms with Crippen LogP contribution in [0.4, 0.5) is 24.5 Å². The summed E-state index contributed by atoms with van der Waals surface area (Å²) in [7, 11) is 0. The topological polar surface area (TPSA) is 64.6 Å². The number of piperidine rings is 1. The van der Waals surface area contributed by atoms with Gasteiger partial charge in [-0.05, 0) is 25.0 Å². The lowest BCUT2D eigenvalue weighted by Crippen LogP contribution is -2.38. The molecule has 0 radical (unpaired) electrons. The highest BCUT2D eigenvalue weighted by molar-refractivity contribution is 5.82. The Bertz CT molecular complexity index is 529. The second kappa shape index (κ2) is 7.54. The van der Waals surface area contributed by atoms with E-state index in [4.69, 9.17) is 0 Å². The predicted octanol–water partition coefficient (Wildman–Crippen LogP) is 1.74. The van der Waals surface area contributed by atoms with E-state index < -0.39 is 18.6 Å². The fourth-order valence-corrected chi connectivity index (χ4v) is 2.44. The lowest BCUT2D eigenvalue weighted by molar-refractivity contribution is -0.137. The number of rotatable bonds is 5. The van der Waals surface area contributed by atoms with Gasteiger partial charge in [0.15, 0.2) is 0 Å². The van der Waals surface area contributed by atoms with Gasteiger partial charge in [0.1, 0.15) is 6.54 Å². The number of nitrogens with zero attached hydrogens (tertiary/aromatic N) is 1. The van der Waals surface area contributed by atoms with E-state index in [-0.39, 0.29) is 12.6 Å². The summed E-state index contributed by atoms with van der Waals surface area (Å²) in [6.07, 6.45) is -3.37. The zero-order valence-electron chi connectivity index (χ0n) is 12.6. The molecule has 1 amide bonds. The maximum Gasteiger partial charge on any atom is 0.405 e. The van der Waals surface area contributed by atoms with Crippen molar-refractivity contribution in [3.63, 3.8) is 0 Å². The van der Waals surface area contributed by atoms with Gasteiger partial charge in [-0.15, -0.1) is 0 Å². The lowest BCUT2D eigenvalue weighted by Gasteiger charge is -2.32. The Hall–Kier alpha value is -1.96. The van der Waals surface area contributed by atoms with E-state index >= 15 is 0 Å². The molecule has 0 unspecified atom stereocenters. The fourth-order valence-electron chi connectivity index (χ4n) is 2.44. The van der Waals surface area contributed by atoms with E-state index in [1.165, 1.54) is 0 Å². The van der Waals surface area contributed by atoms with Crippen molar-refractivity contribution in [3.05, 3.63) is 24.3 Å². The van der Waals surface area contributed by atoms with Crippen LogP contribution < -0.4 is 15.5 Å². The standard InChI is InChI=1S/C15H20F3N3O2/c16-15(17,18)10-20-14(23)9-19-12-3-1-2-4-13(12)21-7-5-11(22)6-8-21/h1-4,11,19,22H,5-10H2,(H,20,23). The van der Waals surface area contributed by atoms with Gasteiger partial charge in [0.2, 0.25) is 5.91 Å². The van der Waals surface area contributed by atoms with Crippen LogP contribution in [0.1, 0.15) is 12.8 Å². The minimum atomic E-state index is -4.41. The van der Waals surface area contributed by atoms with E-state index in [0.29, 0.717) is 31.6 Å². The minimum absolute atomic E-state index is 0.233. The number of hydrogen-bond donors (Lipinski definition) is 3. The van der Waals surface area contributed by atoms with Gasteiger partial charge in [-0.25, -0.2) is 0 Å². The maximum absolute atomic E-state index is 12.1. The third-order valence-corrected chi connectivity index (χ3v) is 3.63. The molecule has 0 spiro atoms. The molecule has 128 valence electrons. The van der Waals surface area contributed by atoms with E-state index in [1.54, 1.807) is 12.1 Å². The number of aliphatic hydroxyl groups excluding tert-OH is 1. The number of halogens is 3. The smallest absolute Gasteiger partial charge is 0.393 e. The molecule has 1 fully saturated rings. The summed E-state index contributed by atoms with van der Waals surface area (Å²) >= 11 is 0. The van der Waals surface area contributed by atoms with Crippen molar-refractivity contribution in [2.24, 2.45) is 0 Å². The number of aliphatic hydroxyl groups is 1. The molecule has 0 aliphatic carbocycles. The van der Waals surface area contributed by atoms with Crippen molar-refractivity contribution in [2.75, 3.05) is 36.4 Å².